The van der Waals surface area contributed by atoms with Gasteiger partial charge in [-0.15, -0.1) is 0 Å². The molecule has 2 atom stereocenters. The molecule has 0 saturated heterocycles. The van der Waals surface area contributed by atoms with Gasteiger partial charge in [-0.2, -0.15) is 0 Å². The minimum Gasteiger partial charge on any atom is -0.493 e. The Bertz CT molecular complexity index is 488. The molecule has 17 heavy (non-hydrogen) atoms. The molecule has 1 aliphatic carbocycles. The van der Waals surface area contributed by atoms with Gasteiger partial charge in [0.15, 0.2) is 0 Å². The van der Waals surface area contributed by atoms with E-state index in [-0.39, 0.29) is 11.3 Å². The summed E-state index contributed by atoms with van der Waals surface area (Å²) < 4.78 is 5.60. The summed E-state index contributed by atoms with van der Waals surface area (Å²) in [7, 11) is 0. The molecule has 1 aromatic carbocycles. The van der Waals surface area contributed by atoms with Crippen molar-refractivity contribution in [1.82, 2.24) is 0 Å². The average Bonchev–Trinajstić information content (AvgIpc) is 2.65. The molecule has 0 N–H and O–H groups in total. The fourth-order valence-electron chi connectivity index (χ4n) is 3.52. The fourth-order valence-corrected chi connectivity index (χ4v) is 3.52. The Labute approximate surface area is 102 Å². The standard InChI is InChI=1S/C15H18O2/c1-9(16)13-14(15(13,2)3)11-5-4-6-12-10(11)7-8-17-12/h4-6,13-14H,7-8H2,1-3H3/t13-,14-/m1/s1. The molecule has 1 fully saturated rings. The van der Waals surface area contributed by atoms with Crippen molar-refractivity contribution in [3.8, 4) is 5.75 Å². The molecular weight excluding hydrogens is 212 g/mol. The van der Waals surface area contributed by atoms with Crippen LogP contribution in [0.3, 0.4) is 0 Å². The molecular formula is C15H18O2. The summed E-state index contributed by atoms with van der Waals surface area (Å²) in [5.74, 6) is 1.91. The van der Waals surface area contributed by atoms with Crippen LogP contribution in [0.25, 0.3) is 0 Å². The highest BCUT2D eigenvalue weighted by Gasteiger charge is 2.61. The lowest BCUT2D eigenvalue weighted by Gasteiger charge is -2.07. The van der Waals surface area contributed by atoms with Crippen LogP contribution in [0.1, 0.15) is 37.8 Å². The largest absolute Gasteiger partial charge is 0.493 e. The zero-order valence-electron chi connectivity index (χ0n) is 10.6. The number of benzene rings is 1. The highest BCUT2D eigenvalue weighted by Crippen LogP contribution is 2.65. The van der Waals surface area contributed by atoms with Crippen LogP contribution in [-0.2, 0) is 11.2 Å². The van der Waals surface area contributed by atoms with Crippen molar-refractivity contribution in [3.05, 3.63) is 29.3 Å². The number of Topliss-reactive ketones (excluding diaryl/α,β-unsaturated/α-hetero) is 1. The van der Waals surface area contributed by atoms with E-state index < -0.39 is 0 Å². The first-order valence-corrected chi connectivity index (χ1v) is 6.28. The second kappa shape index (κ2) is 3.34. The van der Waals surface area contributed by atoms with Crippen LogP contribution in [0, 0.1) is 11.3 Å². The van der Waals surface area contributed by atoms with E-state index in [1.54, 1.807) is 6.92 Å². The van der Waals surface area contributed by atoms with Crippen molar-refractivity contribution in [3.63, 3.8) is 0 Å². The monoisotopic (exact) mass is 230 g/mol. The highest BCUT2D eigenvalue weighted by atomic mass is 16.5. The van der Waals surface area contributed by atoms with Crippen molar-refractivity contribution in [1.29, 1.82) is 0 Å². The molecule has 0 spiro atoms. The molecule has 1 heterocycles. The lowest BCUT2D eigenvalue weighted by Crippen LogP contribution is -1.99. The van der Waals surface area contributed by atoms with Gasteiger partial charge in [0.1, 0.15) is 11.5 Å². The van der Waals surface area contributed by atoms with E-state index in [0.717, 1.165) is 18.8 Å². The molecule has 1 saturated carbocycles. The van der Waals surface area contributed by atoms with Gasteiger partial charge >= 0.3 is 0 Å². The molecule has 0 amide bonds. The third-order valence-electron chi connectivity index (χ3n) is 4.38. The van der Waals surface area contributed by atoms with E-state index in [0.29, 0.717) is 11.7 Å². The second-order valence-electron chi connectivity index (χ2n) is 5.81. The summed E-state index contributed by atoms with van der Waals surface area (Å²) in [5, 5.41) is 0. The smallest absolute Gasteiger partial charge is 0.134 e. The van der Waals surface area contributed by atoms with E-state index in [4.69, 9.17) is 4.74 Å². The summed E-state index contributed by atoms with van der Waals surface area (Å²) >= 11 is 0. The van der Waals surface area contributed by atoms with E-state index in [1.165, 1.54) is 11.1 Å². The Morgan fingerprint density at radius 1 is 1.41 bits per heavy atom. The first-order valence-electron chi connectivity index (χ1n) is 6.28. The van der Waals surface area contributed by atoms with Crippen LogP contribution in [0.2, 0.25) is 0 Å². The zero-order valence-corrected chi connectivity index (χ0v) is 10.6. The van der Waals surface area contributed by atoms with Gasteiger partial charge < -0.3 is 4.74 Å². The van der Waals surface area contributed by atoms with Gasteiger partial charge in [0.25, 0.3) is 0 Å². The number of hydrogen-bond donors (Lipinski definition) is 0. The Hall–Kier alpha value is -1.31. The summed E-state index contributed by atoms with van der Waals surface area (Å²) in [5.41, 5.74) is 2.78. The van der Waals surface area contributed by atoms with Gasteiger partial charge in [-0.3, -0.25) is 4.79 Å². The summed E-state index contributed by atoms with van der Waals surface area (Å²) in [4.78, 5) is 11.7. The number of rotatable bonds is 2. The maximum atomic E-state index is 11.7. The van der Waals surface area contributed by atoms with Crippen molar-refractivity contribution in [2.75, 3.05) is 6.61 Å². The molecule has 2 heteroatoms. The molecule has 2 aliphatic rings. The normalized spacial score (nSPS) is 28.4. The zero-order chi connectivity index (χ0) is 12.2. The van der Waals surface area contributed by atoms with Crippen LogP contribution in [-0.4, -0.2) is 12.4 Å². The van der Waals surface area contributed by atoms with Gasteiger partial charge in [0.05, 0.1) is 6.61 Å². The highest BCUT2D eigenvalue weighted by molar-refractivity contribution is 5.84. The molecule has 1 aliphatic heterocycles. The molecule has 90 valence electrons. The minimum atomic E-state index is 0.115. The Morgan fingerprint density at radius 2 is 2.18 bits per heavy atom. The molecule has 0 radical (unpaired) electrons. The average molecular weight is 230 g/mol. The summed E-state index contributed by atoms with van der Waals surface area (Å²) in [6.07, 6.45) is 0.989. The fraction of sp³-hybridized carbons (Fsp3) is 0.533. The van der Waals surface area contributed by atoms with Crippen LogP contribution in [0.5, 0.6) is 5.75 Å². The third-order valence-corrected chi connectivity index (χ3v) is 4.38. The van der Waals surface area contributed by atoms with Crippen molar-refractivity contribution >= 4 is 5.78 Å². The lowest BCUT2D eigenvalue weighted by atomic mass is 9.96. The number of ketones is 1. The van der Waals surface area contributed by atoms with Crippen molar-refractivity contribution in [2.24, 2.45) is 11.3 Å². The number of ether oxygens (including phenoxy) is 1. The second-order valence-corrected chi connectivity index (χ2v) is 5.81. The topological polar surface area (TPSA) is 26.3 Å². The van der Waals surface area contributed by atoms with Crippen LogP contribution in [0.15, 0.2) is 18.2 Å². The van der Waals surface area contributed by atoms with Crippen LogP contribution in [0.4, 0.5) is 0 Å². The van der Waals surface area contributed by atoms with Gasteiger partial charge in [0.2, 0.25) is 0 Å². The molecule has 3 rings (SSSR count). The number of hydrogen-bond acceptors (Lipinski definition) is 2. The van der Waals surface area contributed by atoms with E-state index in [1.807, 2.05) is 12.1 Å². The number of carbonyl (C=O) groups excluding carboxylic acids is 1. The van der Waals surface area contributed by atoms with Crippen molar-refractivity contribution < 1.29 is 9.53 Å². The maximum absolute atomic E-state index is 11.7. The molecule has 1 aromatic rings. The molecule has 0 bridgehead atoms. The summed E-state index contributed by atoms with van der Waals surface area (Å²) in [6.45, 7) is 6.88. The lowest BCUT2D eigenvalue weighted by molar-refractivity contribution is -0.118. The first-order chi connectivity index (χ1) is 8.03. The van der Waals surface area contributed by atoms with Gasteiger partial charge in [-0.1, -0.05) is 26.0 Å². The molecule has 0 unspecified atom stereocenters. The molecule has 0 aromatic heterocycles. The van der Waals surface area contributed by atoms with Gasteiger partial charge in [0, 0.05) is 23.8 Å². The number of fused-ring (bicyclic) bond motifs is 1. The Morgan fingerprint density at radius 3 is 2.82 bits per heavy atom. The SMILES string of the molecule is CC(=O)[C@@H]1[C@@H](c2cccc3c2CCO3)C1(C)C. The van der Waals surface area contributed by atoms with Crippen molar-refractivity contribution in [2.45, 2.75) is 33.1 Å². The predicted octanol–water partition coefficient (Wildman–Crippen LogP) is 2.95. The van der Waals surface area contributed by atoms with Crippen LogP contribution >= 0.6 is 0 Å². The molecule has 2 nitrogen and oxygen atoms in total. The third kappa shape index (κ3) is 1.43. The van der Waals surface area contributed by atoms with E-state index in [9.17, 15) is 4.79 Å². The van der Waals surface area contributed by atoms with E-state index >= 15 is 0 Å². The number of carbonyl (C=O) groups is 1. The minimum absolute atomic E-state index is 0.115. The maximum Gasteiger partial charge on any atom is 0.134 e. The van der Waals surface area contributed by atoms with Gasteiger partial charge in [-0.05, 0) is 24.0 Å². The van der Waals surface area contributed by atoms with Crippen LogP contribution < -0.4 is 4.74 Å². The van der Waals surface area contributed by atoms with E-state index in [2.05, 4.69) is 19.9 Å². The van der Waals surface area contributed by atoms with Gasteiger partial charge in [-0.25, -0.2) is 0 Å². The first kappa shape index (κ1) is 10.8. The quantitative estimate of drug-likeness (QED) is 0.780. The summed E-state index contributed by atoms with van der Waals surface area (Å²) in [6, 6.07) is 6.25. The predicted molar refractivity (Wildman–Crippen MR) is 66.3 cm³/mol. The Balaban J connectivity index is 2.02. The Kier molecular flexibility index (Phi) is 2.13.